The molecule has 0 spiro atoms. The molecule has 1 saturated carbocycles. The number of phenols is 1. The summed E-state index contributed by atoms with van der Waals surface area (Å²) >= 11 is 13.9. The summed E-state index contributed by atoms with van der Waals surface area (Å²) in [5.74, 6) is 0.281. The van der Waals surface area contributed by atoms with Gasteiger partial charge in [-0.25, -0.2) is 4.99 Å². The lowest BCUT2D eigenvalue weighted by atomic mass is 9.94. The molecule has 0 aromatic heterocycles. The van der Waals surface area contributed by atoms with Crippen LogP contribution in [-0.4, -0.2) is 21.2 Å². The molecule has 1 aliphatic carbocycles. The molecule has 32 heavy (non-hydrogen) atoms. The van der Waals surface area contributed by atoms with Gasteiger partial charge in [0, 0.05) is 27.5 Å². The number of aliphatic imine (C=N–C) groups is 1. The van der Waals surface area contributed by atoms with Crippen molar-refractivity contribution in [3.63, 3.8) is 0 Å². The van der Waals surface area contributed by atoms with Crippen LogP contribution in [0.15, 0.2) is 82.7 Å². The third-order valence-corrected chi connectivity index (χ3v) is 7.14. The normalized spacial score (nSPS) is 15.0. The molecular formula is C26H26Cl2N2OS. The van der Waals surface area contributed by atoms with E-state index in [0.29, 0.717) is 11.1 Å². The SMILES string of the molecule is Oc1ccc(CN(C(=Nc2ccc(Cl)cc2)Sc2ccc(Cl)cc2)C2CCCCC2)cc1. The van der Waals surface area contributed by atoms with E-state index in [-0.39, 0.29) is 5.75 Å². The van der Waals surface area contributed by atoms with Crippen LogP contribution >= 0.6 is 35.0 Å². The van der Waals surface area contributed by atoms with E-state index in [1.54, 1.807) is 23.9 Å². The fourth-order valence-corrected chi connectivity index (χ4v) is 5.14. The molecule has 3 nitrogen and oxygen atoms in total. The summed E-state index contributed by atoms with van der Waals surface area (Å²) < 4.78 is 0. The Labute approximate surface area is 204 Å². The Morgan fingerprint density at radius 1 is 0.844 bits per heavy atom. The van der Waals surface area contributed by atoms with Crippen molar-refractivity contribution in [2.24, 2.45) is 4.99 Å². The number of phenolic OH excluding ortho intramolecular Hbond substituents is 1. The van der Waals surface area contributed by atoms with Gasteiger partial charge in [-0.3, -0.25) is 0 Å². The number of benzene rings is 3. The molecule has 0 heterocycles. The van der Waals surface area contributed by atoms with Gasteiger partial charge < -0.3 is 10.0 Å². The third kappa shape index (κ3) is 6.44. The molecule has 0 aliphatic heterocycles. The highest BCUT2D eigenvalue weighted by Crippen LogP contribution is 2.32. The Morgan fingerprint density at radius 2 is 1.44 bits per heavy atom. The molecule has 1 fully saturated rings. The van der Waals surface area contributed by atoms with Gasteiger partial charge in [0.15, 0.2) is 5.17 Å². The zero-order chi connectivity index (χ0) is 22.3. The van der Waals surface area contributed by atoms with Gasteiger partial charge in [0.1, 0.15) is 5.75 Å². The van der Waals surface area contributed by atoms with Gasteiger partial charge in [-0.05, 0) is 79.1 Å². The molecule has 3 aromatic rings. The largest absolute Gasteiger partial charge is 0.508 e. The molecule has 0 unspecified atom stereocenters. The first-order valence-electron chi connectivity index (χ1n) is 10.9. The van der Waals surface area contributed by atoms with Crippen molar-refractivity contribution in [3.8, 4) is 5.75 Å². The molecule has 166 valence electrons. The van der Waals surface area contributed by atoms with Crippen LogP contribution in [0.25, 0.3) is 0 Å². The topological polar surface area (TPSA) is 35.8 Å². The Balaban J connectivity index is 1.71. The van der Waals surface area contributed by atoms with Crippen molar-refractivity contribution in [3.05, 3.63) is 88.4 Å². The summed E-state index contributed by atoms with van der Waals surface area (Å²) in [7, 11) is 0. The Kier molecular flexibility index (Phi) is 8.01. The van der Waals surface area contributed by atoms with Gasteiger partial charge >= 0.3 is 0 Å². The van der Waals surface area contributed by atoms with Crippen molar-refractivity contribution in [2.45, 2.75) is 49.6 Å². The molecule has 0 saturated heterocycles. The van der Waals surface area contributed by atoms with Gasteiger partial charge in [-0.15, -0.1) is 0 Å². The smallest absolute Gasteiger partial charge is 0.169 e. The second-order valence-electron chi connectivity index (χ2n) is 8.01. The molecule has 0 atom stereocenters. The van der Waals surface area contributed by atoms with E-state index in [0.717, 1.165) is 45.7 Å². The van der Waals surface area contributed by atoms with Gasteiger partial charge in [-0.1, -0.05) is 66.4 Å². The second kappa shape index (κ2) is 11.1. The summed E-state index contributed by atoms with van der Waals surface area (Å²) in [6.45, 7) is 0.734. The van der Waals surface area contributed by atoms with Crippen molar-refractivity contribution in [2.75, 3.05) is 0 Å². The van der Waals surface area contributed by atoms with Crippen LogP contribution in [0.1, 0.15) is 37.7 Å². The third-order valence-electron chi connectivity index (χ3n) is 5.62. The summed E-state index contributed by atoms with van der Waals surface area (Å²) in [5.41, 5.74) is 2.02. The molecule has 4 rings (SSSR count). The summed E-state index contributed by atoms with van der Waals surface area (Å²) in [6.07, 6.45) is 6.06. The molecular weight excluding hydrogens is 459 g/mol. The molecule has 1 N–H and O–H groups in total. The van der Waals surface area contributed by atoms with Crippen LogP contribution in [0.5, 0.6) is 5.75 Å². The quantitative estimate of drug-likeness (QED) is 0.224. The first kappa shape index (κ1) is 23.0. The maximum Gasteiger partial charge on any atom is 0.169 e. The Bertz CT molecular complexity index is 1030. The van der Waals surface area contributed by atoms with Crippen LogP contribution in [0, 0.1) is 0 Å². The minimum absolute atomic E-state index is 0.281. The minimum atomic E-state index is 0.281. The standard InChI is InChI=1S/C26H26Cl2N2OS/c27-20-8-12-22(13-9-20)29-26(32-25-16-10-21(28)11-17-25)30(23-4-2-1-3-5-23)18-19-6-14-24(31)15-7-19/h6-17,23,31H,1-5,18H2. The Hall–Kier alpha value is -2.14. The van der Waals surface area contributed by atoms with Crippen molar-refractivity contribution >= 4 is 45.8 Å². The van der Waals surface area contributed by atoms with Crippen molar-refractivity contribution in [1.82, 2.24) is 4.90 Å². The number of amidine groups is 1. The number of nitrogens with zero attached hydrogens (tertiary/aromatic N) is 2. The number of hydrogen-bond donors (Lipinski definition) is 1. The summed E-state index contributed by atoms with van der Waals surface area (Å²) in [4.78, 5) is 8.59. The average Bonchev–Trinajstić information content (AvgIpc) is 2.82. The lowest BCUT2D eigenvalue weighted by Gasteiger charge is -2.36. The van der Waals surface area contributed by atoms with E-state index in [1.165, 1.54) is 19.3 Å². The molecule has 0 amide bonds. The highest BCUT2D eigenvalue weighted by atomic mass is 35.5. The number of aromatic hydroxyl groups is 1. The number of hydrogen-bond acceptors (Lipinski definition) is 3. The van der Waals surface area contributed by atoms with Crippen LogP contribution < -0.4 is 0 Å². The minimum Gasteiger partial charge on any atom is -0.508 e. The van der Waals surface area contributed by atoms with E-state index >= 15 is 0 Å². The van der Waals surface area contributed by atoms with Crippen LogP contribution in [0.2, 0.25) is 10.0 Å². The average molecular weight is 485 g/mol. The Morgan fingerprint density at radius 3 is 2.06 bits per heavy atom. The first-order chi connectivity index (χ1) is 15.6. The maximum absolute atomic E-state index is 9.72. The fraction of sp³-hybridized carbons (Fsp3) is 0.269. The molecule has 6 heteroatoms. The van der Waals surface area contributed by atoms with Crippen LogP contribution in [0.4, 0.5) is 5.69 Å². The zero-order valence-corrected chi connectivity index (χ0v) is 20.1. The van der Waals surface area contributed by atoms with E-state index in [9.17, 15) is 5.11 Å². The van der Waals surface area contributed by atoms with Gasteiger partial charge in [-0.2, -0.15) is 0 Å². The molecule has 3 aromatic carbocycles. The fourth-order valence-electron chi connectivity index (χ4n) is 3.92. The molecule has 0 radical (unpaired) electrons. The maximum atomic E-state index is 9.72. The van der Waals surface area contributed by atoms with Crippen LogP contribution in [-0.2, 0) is 6.54 Å². The lowest BCUT2D eigenvalue weighted by Crippen LogP contribution is -2.39. The van der Waals surface area contributed by atoms with Crippen molar-refractivity contribution < 1.29 is 5.11 Å². The van der Waals surface area contributed by atoms with E-state index in [2.05, 4.69) is 4.90 Å². The number of rotatable bonds is 5. The van der Waals surface area contributed by atoms with E-state index in [1.807, 2.05) is 60.7 Å². The molecule has 1 aliphatic rings. The number of thioether (sulfide) groups is 1. The lowest BCUT2D eigenvalue weighted by molar-refractivity contribution is 0.241. The number of halogens is 2. The van der Waals surface area contributed by atoms with Gasteiger partial charge in [0.05, 0.1) is 5.69 Å². The van der Waals surface area contributed by atoms with E-state index in [4.69, 9.17) is 28.2 Å². The van der Waals surface area contributed by atoms with E-state index < -0.39 is 0 Å². The highest BCUT2D eigenvalue weighted by molar-refractivity contribution is 8.13. The predicted octanol–water partition coefficient (Wildman–Crippen LogP) is 8.31. The predicted molar refractivity (Wildman–Crippen MR) is 136 cm³/mol. The first-order valence-corrected chi connectivity index (χ1v) is 12.5. The highest BCUT2D eigenvalue weighted by Gasteiger charge is 2.25. The van der Waals surface area contributed by atoms with Gasteiger partial charge in [0.2, 0.25) is 0 Å². The van der Waals surface area contributed by atoms with Gasteiger partial charge in [0.25, 0.3) is 0 Å². The van der Waals surface area contributed by atoms with Crippen LogP contribution in [0.3, 0.4) is 0 Å². The monoisotopic (exact) mass is 484 g/mol. The summed E-state index contributed by atoms with van der Waals surface area (Å²) in [5, 5.41) is 12.1. The summed E-state index contributed by atoms with van der Waals surface area (Å²) in [6, 6.07) is 23.4. The van der Waals surface area contributed by atoms with Crippen molar-refractivity contribution in [1.29, 1.82) is 0 Å². The molecule has 0 bridgehead atoms. The second-order valence-corrected chi connectivity index (χ2v) is 9.93. The zero-order valence-electron chi connectivity index (χ0n) is 17.8.